The standard InChI is InChI=1S/C11H25NO2.ClH/c1-4-5-6-7-8-9-10-12(3)11(2,13)14;/h13-14H,4-10H2,1-3H3;1H. The molecular weight excluding hydrogens is 214 g/mol. The lowest BCUT2D eigenvalue weighted by molar-refractivity contribution is -0.242. The number of unbranched alkanes of at least 4 members (excludes halogenated alkanes) is 5. The van der Waals surface area contributed by atoms with Crippen molar-refractivity contribution in [2.45, 2.75) is 58.3 Å². The normalized spacial score (nSPS) is 11.6. The average Bonchev–Trinajstić information content (AvgIpc) is 2.09. The summed E-state index contributed by atoms with van der Waals surface area (Å²) in [4.78, 5) is 1.56. The van der Waals surface area contributed by atoms with E-state index in [-0.39, 0.29) is 12.4 Å². The van der Waals surface area contributed by atoms with Crippen molar-refractivity contribution in [2.24, 2.45) is 0 Å². The summed E-state index contributed by atoms with van der Waals surface area (Å²) in [6, 6.07) is 0. The predicted octanol–water partition coefficient (Wildman–Crippen LogP) is 2.36. The summed E-state index contributed by atoms with van der Waals surface area (Å²) in [5.41, 5.74) is 0. The highest BCUT2D eigenvalue weighted by molar-refractivity contribution is 5.85. The Morgan fingerprint density at radius 3 is 1.93 bits per heavy atom. The van der Waals surface area contributed by atoms with Gasteiger partial charge >= 0.3 is 0 Å². The Hall–Kier alpha value is 0.170. The molecule has 4 heteroatoms. The fourth-order valence-electron chi connectivity index (χ4n) is 1.34. The maximum Gasteiger partial charge on any atom is 0.221 e. The van der Waals surface area contributed by atoms with Crippen LogP contribution in [0.2, 0.25) is 0 Å². The van der Waals surface area contributed by atoms with Crippen molar-refractivity contribution in [3.05, 3.63) is 0 Å². The lowest BCUT2D eigenvalue weighted by atomic mass is 10.1. The highest BCUT2D eigenvalue weighted by Crippen LogP contribution is 2.08. The van der Waals surface area contributed by atoms with E-state index in [9.17, 15) is 10.2 Å². The molecule has 0 spiro atoms. The van der Waals surface area contributed by atoms with E-state index < -0.39 is 5.91 Å². The van der Waals surface area contributed by atoms with Crippen LogP contribution < -0.4 is 0 Å². The molecule has 0 rings (SSSR count). The zero-order valence-corrected chi connectivity index (χ0v) is 11.0. The third-order valence-corrected chi connectivity index (χ3v) is 2.57. The van der Waals surface area contributed by atoms with Gasteiger partial charge in [0.15, 0.2) is 0 Å². The molecule has 0 saturated heterocycles. The minimum atomic E-state index is -1.66. The van der Waals surface area contributed by atoms with Crippen LogP contribution in [0.5, 0.6) is 0 Å². The molecule has 0 saturated carbocycles. The van der Waals surface area contributed by atoms with Gasteiger partial charge < -0.3 is 10.2 Å². The van der Waals surface area contributed by atoms with E-state index in [1.54, 1.807) is 11.9 Å². The zero-order chi connectivity index (χ0) is 11.0. The molecule has 0 aromatic rings. The van der Waals surface area contributed by atoms with Crippen LogP contribution in [0.4, 0.5) is 0 Å². The van der Waals surface area contributed by atoms with Gasteiger partial charge in [-0.1, -0.05) is 39.0 Å². The van der Waals surface area contributed by atoms with Crippen molar-refractivity contribution >= 4 is 12.4 Å². The van der Waals surface area contributed by atoms with E-state index in [4.69, 9.17) is 0 Å². The molecular formula is C11H26ClNO2. The number of rotatable bonds is 8. The van der Waals surface area contributed by atoms with Crippen molar-refractivity contribution in [3.8, 4) is 0 Å². The Morgan fingerprint density at radius 2 is 1.47 bits per heavy atom. The van der Waals surface area contributed by atoms with E-state index in [0.29, 0.717) is 0 Å². The summed E-state index contributed by atoms with van der Waals surface area (Å²) in [6.45, 7) is 4.34. The number of aliphatic hydroxyl groups is 2. The van der Waals surface area contributed by atoms with Crippen LogP contribution in [-0.2, 0) is 0 Å². The smallest absolute Gasteiger partial charge is 0.221 e. The van der Waals surface area contributed by atoms with E-state index >= 15 is 0 Å². The van der Waals surface area contributed by atoms with Gasteiger partial charge in [0.05, 0.1) is 0 Å². The molecule has 3 nitrogen and oxygen atoms in total. The van der Waals surface area contributed by atoms with Crippen molar-refractivity contribution < 1.29 is 10.2 Å². The van der Waals surface area contributed by atoms with Crippen LogP contribution in [0.1, 0.15) is 52.4 Å². The minimum absolute atomic E-state index is 0. The zero-order valence-electron chi connectivity index (χ0n) is 10.2. The molecule has 0 heterocycles. The second-order valence-electron chi connectivity index (χ2n) is 4.16. The lowest BCUT2D eigenvalue weighted by Crippen LogP contribution is -2.43. The third-order valence-electron chi connectivity index (χ3n) is 2.57. The Labute approximate surface area is 99.9 Å². The van der Waals surface area contributed by atoms with Gasteiger partial charge in [-0.2, -0.15) is 0 Å². The van der Waals surface area contributed by atoms with E-state index in [1.165, 1.54) is 39.0 Å². The Balaban J connectivity index is 0. The molecule has 0 aliphatic carbocycles. The molecule has 0 amide bonds. The summed E-state index contributed by atoms with van der Waals surface area (Å²) < 4.78 is 0. The number of hydrogen-bond acceptors (Lipinski definition) is 3. The van der Waals surface area contributed by atoms with Gasteiger partial charge in [-0.25, -0.2) is 0 Å². The maximum atomic E-state index is 9.21. The van der Waals surface area contributed by atoms with Crippen molar-refractivity contribution in [1.29, 1.82) is 0 Å². The summed E-state index contributed by atoms with van der Waals surface area (Å²) in [5.74, 6) is -1.66. The molecule has 94 valence electrons. The SMILES string of the molecule is CCCCCCCCN(C)C(C)(O)O.Cl. The fraction of sp³-hybridized carbons (Fsp3) is 1.00. The van der Waals surface area contributed by atoms with Crippen LogP contribution in [0.3, 0.4) is 0 Å². The van der Waals surface area contributed by atoms with Crippen molar-refractivity contribution in [1.82, 2.24) is 4.90 Å². The second-order valence-corrected chi connectivity index (χ2v) is 4.16. The first kappa shape index (κ1) is 17.6. The number of halogens is 1. The molecule has 0 radical (unpaired) electrons. The molecule has 0 bridgehead atoms. The van der Waals surface area contributed by atoms with Gasteiger partial charge in [-0.05, 0) is 13.5 Å². The van der Waals surface area contributed by atoms with Gasteiger partial charge in [0, 0.05) is 13.5 Å². The van der Waals surface area contributed by atoms with Crippen LogP contribution in [0, 0.1) is 0 Å². The predicted molar refractivity (Wildman–Crippen MR) is 66.1 cm³/mol. The molecule has 0 aromatic carbocycles. The van der Waals surface area contributed by atoms with Crippen LogP contribution >= 0.6 is 12.4 Å². The third kappa shape index (κ3) is 10.5. The van der Waals surface area contributed by atoms with Crippen LogP contribution in [0.25, 0.3) is 0 Å². The first-order valence-electron chi connectivity index (χ1n) is 5.64. The molecule has 0 aliphatic heterocycles. The van der Waals surface area contributed by atoms with E-state index in [1.807, 2.05) is 0 Å². The lowest BCUT2D eigenvalue weighted by Gasteiger charge is -2.28. The summed E-state index contributed by atoms with van der Waals surface area (Å²) in [7, 11) is 1.73. The fourth-order valence-corrected chi connectivity index (χ4v) is 1.34. The first-order valence-corrected chi connectivity index (χ1v) is 5.64. The quantitative estimate of drug-likeness (QED) is 0.505. The summed E-state index contributed by atoms with van der Waals surface area (Å²) in [5, 5.41) is 18.4. The van der Waals surface area contributed by atoms with Crippen molar-refractivity contribution in [2.75, 3.05) is 13.6 Å². The second kappa shape index (κ2) is 9.40. The van der Waals surface area contributed by atoms with E-state index in [2.05, 4.69) is 6.92 Å². The van der Waals surface area contributed by atoms with Gasteiger partial charge in [-0.3, -0.25) is 4.90 Å². The highest BCUT2D eigenvalue weighted by atomic mass is 35.5. The molecule has 0 aromatic heterocycles. The average molecular weight is 240 g/mol. The molecule has 0 atom stereocenters. The monoisotopic (exact) mass is 239 g/mol. The number of hydrogen-bond donors (Lipinski definition) is 2. The van der Waals surface area contributed by atoms with Gasteiger partial charge in [0.25, 0.3) is 0 Å². The van der Waals surface area contributed by atoms with Gasteiger partial charge in [-0.15, -0.1) is 12.4 Å². The first-order chi connectivity index (χ1) is 6.48. The largest absolute Gasteiger partial charge is 0.353 e. The van der Waals surface area contributed by atoms with Gasteiger partial charge in [0.1, 0.15) is 0 Å². The summed E-state index contributed by atoms with van der Waals surface area (Å²) >= 11 is 0. The Bertz CT molecular complexity index is 137. The molecule has 0 unspecified atom stereocenters. The van der Waals surface area contributed by atoms with Crippen molar-refractivity contribution in [3.63, 3.8) is 0 Å². The molecule has 0 aliphatic rings. The Morgan fingerprint density at radius 1 is 1.00 bits per heavy atom. The minimum Gasteiger partial charge on any atom is -0.353 e. The molecule has 2 N–H and O–H groups in total. The topological polar surface area (TPSA) is 43.7 Å². The highest BCUT2D eigenvalue weighted by Gasteiger charge is 2.20. The van der Waals surface area contributed by atoms with E-state index in [0.717, 1.165) is 13.0 Å². The Kier molecular flexibility index (Phi) is 11.0. The maximum absolute atomic E-state index is 9.21. The van der Waals surface area contributed by atoms with Gasteiger partial charge in [0.2, 0.25) is 5.91 Å². The number of nitrogens with zero attached hydrogens (tertiary/aromatic N) is 1. The van der Waals surface area contributed by atoms with Crippen LogP contribution in [-0.4, -0.2) is 34.6 Å². The summed E-state index contributed by atoms with van der Waals surface area (Å²) in [6.07, 6.45) is 7.36. The van der Waals surface area contributed by atoms with Crippen LogP contribution in [0.15, 0.2) is 0 Å². The molecule has 15 heavy (non-hydrogen) atoms. The molecule has 0 fully saturated rings.